The van der Waals surface area contributed by atoms with E-state index in [1.54, 1.807) is 6.07 Å². The number of alkyl halides is 6. The maximum absolute atomic E-state index is 14.0. The quantitative estimate of drug-likeness (QED) is 0.164. The van der Waals surface area contributed by atoms with Crippen LogP contribution in [0.15, 0.2) is 164 Å². The van der Waals surface area contributed by atoms with Crippen molar-refractivity contribution in [2.45, 2.75) is 12.4 Å². The van der Waals surface area contributed by atoms with Crippen molar-refractivity contribution in [1.29, 1.82) is 0 Å². The number of para-hydroxylation sites is 1. The van der Waals surface area contributed by atoms with Crippen molar-refractivity contribution in [3.63, 3.8) is 0 Å². The first-order valence-corrected chi connectivity index (χ1v) is 18.3. The average molecular weight is 776 g/mol. The van der Waals surface area contributed by atoms with Crippen LogP contribution in [-0.2, 0) is 12.4 Å². The number of aromatic nitrogens is 5. The Hall–Kier alpha value is -7.27. The molecule has 0 unspecified atom stereocenters. The molecule has 7 aromatic carbocycles. The lowest BCUT2D eigenvalue weighted by Gasteiger charge is -2.13. The first-order chi connectivity index (χ1) is 28.0. The van der Waals surface area contributed by atoms with Crippen LogP contribution >= 0.6 is 0 Å². The molecule has 5 nitrogen and oxygen atoms in total. The highest BCUT2D eigenvalue weighted by Crippen LogP contribution is 2.41. The van der Waals surface area contributed by atoms with Crippen molar-refractivity contribution < 1.29 is 26.3 Å². The molecule has 0 atom stereocenters. The van der Waals surface area contributed by atoms with Crippen molar-refractivity contribution in [2.24, 2.45) is 0 Å². The van der Waals surface area contributed by atoms with Crippen LogP contribution in [0.5, 0.6) is 0 Å². The van der Waals surface area contributed by atoms with E-state index in [0.717, 1.165) is 68.4 Å². The number of hydrogen-bond donors (Lipinski definition) is 0. The lowest BCUT2D eigenvalue weighted by molar-refractivity contribution is -0.138. The Morgan fingerprint density at radius 3 is 1.26 bits per heavy atom. The Kier molecular flexibility index (Phi) is 7.98. The second-order valence-electron chi connectivity index (χ2n) is 13.9. The van der Waals surface area contributed by atoms with E-state index in [4.69, 9.17) is 15.0 Å². The van der Waals surface area contributed by atoms with Gasteiger partial charge in [-0.1, -0.05) is 91.0 Å². The fraction of sp³-hybridized carbons (Fsp3) is 0.0426. The van der Waals surface area contributed by atoms with E-state index in [1.165, 1.54) is 16.7 Å². The summed E-state index contributed by atoms with van der Waals surface area (Å²) in [7, 11) is 0. The van der Waals surface area contributed by atoms with Crippen LogP contribution in [0.25, 0.3) is 89.2 Å². The minimum Gasteiger partial charge on any atom is -0.309 e. The summed E-state index contributed by atoms with van der Waals surface area (Å²) in [6.07, 6.45) is -9.31. The van der Waals surface area contributed by atoms with Gasteiger partial charge in [-0.25, -0.2) is 15.0 Å². The molecule has 0 aliphatic heterocycles. The van der Waals surface area contributed by atoms with Gasteiger partial charge in [0.2, 0.25) is 0 Å². The Labute approximate surface area is 326 Å². The molecule has 0 radical (unpaired) electrons. The van der Waals surface area contributed by atoms with Crippen LogP contribution in [0, 0.1) is 0 Å². The summed E-state index contributed by atoms with van der Waals surface area (Å²) in [6.45, 7) is 0. The van der Waals surface area contributed by atoms with Gasteiger partial charge in [0.25, 0.3) is 0 Å². The fourth-order valence-corrected chi connectivity index (χ4v) is 7.72. The van der Waals surface area contributed by atoms with Gasteiger partial charge in [-0.15, -0.1) is 0 Å². The number of nitrogens with zero attached hydrogens (tertiary/aromatic N) is 5. The highest BCUT2D eigenvalue weighted by molar-refractivity contribution is 6.12. The molecule has 11 heteroatoms. The maximum atomic E-state index is 14.0. The third kappa shape index (κ3) is 5.94. The van der Waals surface area contributed by atoms with E-state index in [1.807, 2.05) is 121 Å². The van der Waals surface area contributed by atoms with E-state index in [9.17, 15) is 26.3 Å². The number of benzene rings is 7. The molecule has 0 N–H and O–H groups in total. The Morgan fingerprint density at radius 2 is 0.741 bits per heavy atom. The molecule has 3 aromatic heterocycles. The van der Waals surface area contributed by atoms with Gasteiger partial charge in [-0.05, 0) is 72.8 Å². The van der Waals surface area contributed by atoms with Crippen molar-refractivity contribution in [2.75, 3.05) is 0 Å². The maximum Gasteiger partial charge on any atom is 0.416 e. The molecule has 0 spiro atoms. The van der Waals surface area contributed by atoms with Crippen molar-refractivity contribution in [3.8, 4) is 45.5 Å². The average Bonchev–Trinajstić information content (AvgIpc) is 3.75. The van der Waals surface area contributed by atoms with Gasteiger partial charge >= 0.3 is 12.4 Å². The smallest absolute Gasteiger partial charge is 0.309 e. The van der Waals surface area contributed by atoms with Crippen LogP contribution in [0.1, 0.15) is 11.1 Å². The molecule has 0 saturated heterocycles. The summed E-state index contributed by atoms with van der Waals surface area (Å²) in [5.74, 6) is 1.58. The monoisotopic (exact) mass is 775 g/mol. The van der Waals surface area contributed by atoms with E-state index in [-0.39, 0.29) is 11.0 Å². The van der Waals surface area contributed by atoms with E-state index in [2.05, 4.69) is 4.57 Å². The molecular weight excluding hydrogens is 749 g/mol. The minimum absolute atomic E-state index is 0.145. The summed E-state index contributed by atoms with van der Waals surface area (Å²) in [5, 5.41) is 2.44. The standard InChI is InChI=1S/C47H27F6N5/c48-46(49,50)31-17-22-36-37-23-18-32(47(51,52)53)26-42(37)58(41(36)25-31)34-21-24-40-38(27-34)35-13-7-8-14-39(35)57(40)33-19-15-30(16-20-33)45-55-43(28-9-3-1-4-10-28)54-44(56-45)29-11-5-2-6-12-29/h1-27H. The zero-order valence-electron chi connectivity index (χ0n) is 30.1. The van der Waals surface area contributed by atoms with Gasteiger partial charge in [0.1, 0.15) is 0 Å². The molecule has 0 aliphatic rings. The summed E-state index contributed by atoms with van der Waals surface area (Å²) in [4.78, 5) is 14.5. The van der Waals surface area contributed by atoms with Crippen molar-refractivity contribution in [3.05, 3.63) is 175 Å². The molecule has 58 heavy (non-hydrogen) atoms. The van der Waals surface area contributed by atoms with Gasteiger partial charge in [-0.3, -0.25) is 0 Å². The molecule has 10 rings (SSSR count). The van der Waals surface area contributed by atoms with Gasteiger partial charge < -0.3 is 9.13 Å². The molecule has 0 amide bonds. The fourth-order valence-electron chi connectivity index (χ4n) is 7.72. The third-order valence-corrected chi connectivity index (χ3v) is 10.4. The second-order valence-corrected chi connectivity index (χ2v) is 13.9. The van der Waals surface area contributed by atoms with Crippen LogP contribution in [0.4, 0.5) is 26.3 Å². The van der Waals surface area contributed by atoms with E-state index in [0.29, 0.717) is 33.9 Å². The second kappa shape index (κ2) is 13.2. The number of hydrogen-bond acceptors (Lipinski definition) is 3. The molecule has 0 fully saturated rings. The molecule has 0 saturated carbocycles. The highest BCUT2D eigenvalue weighted by Gasteiger charge is 2.33. The molecule has 3 heterocycles. The number of fused-ring (bicyclic) bond motifs is 6. The van der Waals surface area contributed by atoms with E-state index < -0.39 is 23.5 Å². The summed E-state index contributed by atoms with van der Waals surface area (Å²) in [5.41, 5.74) is 3.87. The van der Waals surface area contributed by atoms with Crippen LogP contribution in [0.3, 0.4) is 0 Å². The van der Waals surface area contributed by atoms with Crippen molar-refractivity contribution >= 4 is 43.6 Å². The topological polar surface area (TPSA) is 48.5 Å². The molecular formula is C47H27F6N5. The first-order valence-electron chi connectivity index (χ1n) is 18.3. The van der Waals surface area contributed by atoms with Crippen molar-refractivity contribution in [1.82, 2.24) is 24.1 Å². The normalized spacial score (nSPS) is 12.3. The first kappa shape index (κ1) is 35.2. The lowest BCUT2D eigenvalue weighted by atomic mass is 10.1. The summed E-state index contributed by atoms with van der Waals surface area (Å²) in [6, 6.07) is 46.9. The summed E-state index contributed by atoms with van der Waals surface area (Å²) < 4.78 is 87.6. The predicted molar refractivity (Wildman–Crippen MR) is 215 cm³/mol. The van der Waals surface area contributed by atoms with Gasteiger partial charge in [-0.2, -0.15) is 26.3 Å². The van der Waals surface area contributed by atoms with Crippen LogP contribution in [-0.4, -0.2) is 24.1 Å². The molecule has 282 valence electrons. The molecule has 0 aliphatic carbocycles. The summed E-state index contributed by atoms with van der Waals surface area (Å²) >= 11 is 0. The SMILES string of the molecule is FC(F)(F)c1ccc2c3ccc(C(F)(F)F)cc3n(-c3ccc4c(c3)c3ccccc3n4-c3ccc(-c4nc(-c5ccccc5)nc(-c5ccccc5)n4)cc3)c2c1. The van der Waals surface area contributed by atoms with Crippen LogP contribution in [0.2, 0.25) is 0 Å². The molecule has 10 aromatic rings. The van der Waals surface area contributed by atoms with Crippen LogP contribution < -0.4 is 0 Å². The Balaban J connectivity index is 1.13. The highest BCUT2D eigenvalue weighted by atomic mass is 19.4. The zero-order valence-corrected chi connectivity index (χ0v) is 30.1. The third-order valence-electron chi connectivity index (χ3n) is 10.4. The Morgan fingerprint density at radius 1 is 0.328 bits per heavy atom. The minimum atomic E-state index is -4.66. The lowest BCUT2D eigenvalue weighted by Crippen LogP contribution is -2.05. The van der Waals surface area contributed by atoms with E-state index >= 15 is 0 Å². The number of halogens is 6. The molecule has 0 bridgehead atoms. The number of rotatable bonds is 5. The van der Waals surface area contributed by atoms with Gasteiger partial charge in [0.15, 0.2) is 17.5 Å². The predicted octanol–water partition coefficient (Wildman–Crippen LogP) is 13.1. The largest absolute Gasteiger partial charge is 0.416 e. The van der Waals surface area contributed by atoms with Gasteiger partial charge in [0.05, 0.1) is 33.2 Å². The van der Waals surface area contributed by atoms with Gasteiger partial charge in [0, 0.05) is 49.6 Å². The zero-order chi connectivity index (χ0) is 39.8. The Bertz CT molecular complexity index is 3060.